The Morgan fingerprint density at radius 1 is 1.40 bits per heavy atom. The molecular weight excluding hydrogens is 316 g/mol. The highest BCUT2D eigenvalue weighted by atomic mass is 79.9. The predicted octanol–water partition coefficient (Wildman–Crippen LogP) is 4.67. The van der Waals surface area contributed by atoms with E-state index in [0.29, 0.717) is 12.1 Å². The molecule has 1 N–H and O–H groups in total. The van der Waals surface area contributed by atoms with Crippen LogP contribution in [0.25, 0.3) is 0 Å². The summed E-state index contributed by atoms with van der Waals surface area (Å²) in [5.41, 5.74) is 0.803. The molecule has 20 heavy (non-hydrogen) atoms. The lowest BCUT2D eigenvalue weighted by Gasteiger charge is -2.18. The smallest absolute Gasteiger partial charge is 0.268 e. The minimum atomic E-state index is 0.0807. The van der Waals surface area contributed by atoms with Gasteiger partial charge in [0.2, 0.25) is 0 Å². The maximum absolute atomic E-state index is 12.5. The van der Waals surface area contributed by atoms with Crippen LogP contribution in [-0.4, -0.2) is 16.5 Å². The molecule has 0 saturated heterocycles. The van der Waals surface area contributed by atoms with Crippen molar-refractivity contribution in [3.8, 4) is 0 Å². The standard InChI is InChI=1S/C16H25BrN2O/c1-3-5-7-13(6-4-2)18-16(20)15-10-12(17)11-19(15)14-8-9-14/h10-11,13-14H,3-9H2,1-2H3,(H,18,20). The van der Waals surface area contributed by atoms with Crippen molar-refractivity contribution in [3.05, 3.63) is 22.4 Å². The molecular formula is C16H25BrN2O. The maximum Gasteiger partial charge on any atom is 0.268 e. The highest BCUT2D eigenvalue weighted by Gasteiger charge is 2.28. The number of halogens is 1. The van der Waals surface area contributed by atoms with Crippen molar-refractivity contribution in [1.29, 1.82) is 0 Å². The number of carbonyl (C=O) groups excluding carboxylic acids is 1. The van der Waals surface area contributed by atoms with Gasteiger partial charge in [-0.15, -0.1) is 0 Å². The second-order valence-corrected chi connectivity index (χ2v) is 6.70. The van der Waals surface area contributed by atoms with Crippen LogP contribution in [0.1, 0.15) is 75.3 Å². The van der Waals surface area contributed by atoms with Crippen molar-refractivity contribution < 1.29 is 4.79 Å². The third-order valence-corrected chi connectivity index (χ3v) is 4.30. The second-order valence-electron chi connectivity index (χ2n) is 5.78. The lowest BCUT2D eigenvalue weighted by molar-refractivity contribution is 0.0922. The molecule has 1 aliphatic rings. The van der Waals surface area contributed by atoms with Gasteiger partial charge in [0.05, 0.1) is 0 Å². The Kier molecular flexibility index (Phi) is 5.70. The van der Waals surface area contributed by atoms with Gasteiger partial charge in [0, 0.05) is 22.8 Å². The third-order valence-electron chi connectivity index (χ3n) is 3.87. The largest absolute Gasteiger partial charge is 0.348 e. The molecule has 1 atom stereocenters. The van der Waals surface area contributed by atoms with Crippen LogP contribution in [0.2, 0.25) is 0 Å². The summed E-state index contributed by atoms with van der Waals surface area (Å²) in [5, 5.41) is 3.22. The quantitative estimate of drug-likeness (QED) is 0.732. The molecule has 1 unspecified atom stereocenters. The molecule has 1 aliphatic carbocycles. The van der Waals surface area contributed by atoms with Gasteiger partial charge in [-0.3, -0.25) is 4.79 Å². The fourth-order valence-electron chi connectivity index (χ4n) is 2.63. The van der Waals surface area contributed by atoms with Gasteiger partial charge in [-0.05, 0) is 47.7 Å². The number of carbonyl (C=O) groups is 1. The highest BCUT2D eigenvalue weighted by Crippen LogP contribution is 2.37. The van der Waals surface area contributed by atoms with E-state index in [-0.39, 0.29) is 5.91 Å². The fraction of sp³-hybridized carbons (Fsp3) is 0.688. The van der Waals surface area contributed by atoms with Gasteiger partial charge in [0.1, 0.15) is 5.69 Å². The van der Waals surface area contributed by atoms with Gasteiger partial charge in [-0.2, -0.15) is 0 Å². The van der Waals surface area contributed by atoms with Crippen molar-refractivity contribution in [1.82, 2.24) is 9.88 Å². The fourth-order valence-corrected chi connectivity index (χ4v) is 3.07. The predicted molar refractivity (Wildman–Crippen MR) is 86.1 cm³/mol. The zero-order valence-corrected chi connectivity index (χ0v) is 14.1. The number of amides is 1. The van der Waals surface area contributed by atoms with E-state index < -0.39 is 0 Å². The summed E-state index contributed by atoms with van der Waals surface area (Å²) in [6.45, 7) is 4.37. The number of nitrogens with one attached hydrogen (secondary N) is 1. The first-order valence-corrected chi connectivity index (χ1v) is 8.63. The van der Waals surface area contributed by atoms with E-state index in [4.69, 9.17) is 0 Å². The van der Waals surface area contributed by atoms with E-state index in [1.54, 1.807) is 0 Å². The highest BCUT2D eigenvalue weighted by molar-refractivity contribution is 9.10. The molecule has 1 heterocycles. The number of aromatic nitrogens is 1. The molecule has 1 aromatic rings. The van der Waals surface area contributed by atoms with Crippen LogP contribution in [-0.2, 0) is 0 Å². The average molecular weight is 341 g/mol. The first-order chi connectivity index (χ1) is 9.65. The maximum atomic E-state index is 12.5. The molecule has 2 rings (SSSR count). The Morgan fingerprint density at radius 2 is 2.15 bits per heavy atom. The molecule has 0 spiro atoms. The van der Waals surface area contributed by atoms with Crippen LogP contribution in [0.3, 0.4) is 0 Å². The van der Waals surface area contributed by atoms with Crippen LogP contribution in [0.5, 0.6) is 0 Å². The van der Waals surface area contributed by atoms with E-state index in [2.05, 4.69) is 39.7 Å². The Labute approximate surface area is 130 Å². The molecule has 1 saturated carbocycles. The molecule has 3 nitrogen and oxygen atoms in total. The minimum absolute atomic E-state index is 0.0807. The van der Waals surface area contributed by atoms with Crippen molar-refractivity contribution in [2.45, 2.75) is 70.9 Å². The van der Waals surface area contributed by atoms with Crippen molar-refractivity contribution in [3.63, 3.8) is 0 Å². The summed E-state index contributed by atoms with van der Waals surface area (Å²) in [7, 11) is 0. The minimum Gasteiger partial charge on any atom is -0.348 e. The summed E-state index contributed by atoms with van der Waals surface area (Å²) in [6, 6.07) is 2.78. The van der Waals surface area contributed by atoms with Crippen molar-refractivity contribution in [2.75, 3.05) is 0 Å². The lowest BCUT2D eigenvalue weighted by atomic mass is 10.1. The Hall–Kier alpha value is -0.770. The Morgan fingerprint density at radius 3 is 2.75 bits per heavy atom. The zero-order valence-electron chi connectivity index (χ0n) is 12.5. The third kappa shape index (κ3) is 4.11. The average Bonchev–Trinajstić information content (AvgIpc) is 3.19. The second kappa shape index (κ2) is 7.30. The van der Waals surface area contributed by atoms with Gasteiger partial charge < -0.3 is 9.88 Å². The zero-order chi connectivity index (χ0) is 14.5. The summed E-state index contributed by atoms with van der Waals surface area (Å²) in [5.74, 6) is 0.0807. The molecule has 1 aromatic heterocycles. The Bertz CT molecular complexity index is 451. The van der Waals surface area contributed by atoms with Crippen molar-refractivity contribution in [2.24, 2.45) is 0 Å². The molecule has 0 bridgehead atoms. The van der Waals surface area contributed by atoms with Crippen LogP contribution >= 0.6 is 15.9 Å². The number of hydrogen-bond donors (Lipinski definition) is 1. The molecule has 0 radical (unpaired) electrons. The van der Waals surface area contributed by atoms with Crippen LogP contribution < -0.4 is 5.32 Å². The topological polar surface area (TPSA) is 34.0 Å². The van der Waals surface area contributed by atoms with Crippen LogP contribution in [0, 0.1) is 0 Å². The van der Waals surface area contributed by atoms with E-state index in [1.165, 1.54) is 25.7 Å². The molecule has 0 aromatic carbocycles. The number of unbranched alkanes of at least 4 members (excludes halogenated alkanes) is 1. The molecule has 4 heteroatoms. The first-order valence-electron chi connectivity index (χ1n) is 7.84. The molecule has 1 amide bonds. The van der Waals surface area contributed by atoms with Crippen LogP contribution in [0.15, 0.2) is 16.7 Å². The summed E-state index contributed by atoms with van der Waals surface area (Å²) in [6.07, 6.45) is 10.0. The monoisotopic (exact) mass is 340 g/mol. The number of rotatable bonds is 8. The lowest BCUT2D eigenvalue weighted by Crippen LogP contribution is -2.35. The van der Waals surface area contributed by atoms with E-state index in [0.717, 1.165) is 29.4 Å². The Balaban J connectivity index is 2.02. The number of nitrogens with zero attached hydrogens (tertiary/aromatic N) is 1. The van der Waals surface area contributed by atoms with Crippen LogP contribution in [0.4, 0.5) is 0 Å². The summed E-state index contributed by atoms with van der Waals surface area (Å²) in [4.78, 5) is 12.5. The van der Waals surface area contributed by atoms with Gasteiger partial charge >= 0.3 is 0 Å². The summed E-state index contributed by atoms with van der Waals surface area (Å²) >= 11 is 3.49. The molecule has 112 valence electrons. The number of hydrogen-bond acceptors (Lipinski definition) is 1. The van der Waals surface area contributed by atoms with Crippen molar-refractivity contribution >= 4 is 21.8 Å². The normalized spacial score (nSPS) is 16.1. The van der Waals surface area contributed by atoms with E-state index in [1.807, 2.05) is 12.3 Å². The van der Waals surface area contributed by atoms with Gasteiger partial charge in [0.15, 0.2) is 0 Å². The van der Waals surface area contributed by atoms with E-state index in [9.17, 15) is 4.79 Å². The molecule has 1 fully saturated rings. The summed E-state index contributed by atoms with van der Waals surface area (Å²) < 4.78 is 3.12. The SMILES string of the molecule is CCCCC(CCC)NC(=O)c1cc(Br)cn1C1CC1. The van der Waals surface area contributed by atoms with Gasteiger partial charge in [-0.25, -0.2) is 0 Å². The molecule has 0 aliphatic heterocycles. The van der Waals surface area contributed by atoms with E-state index >= 15 is 0 Å². The van der Waals surface area contributed by atoms with Gasteiger partial charge in [-0.1, -0.05) is 33.1 Å². The van der Waals surface area contributed by atoms with Gasteiger partial charge in [0.25, 0.3) is 5.91 Å². The first kappa shape index (κ1) is 15.6.